The molecule has 0 aliphatic heterocycles. The van der Waals surface area contributed by atoms with Crippen LogP contribution in [0.4, 0.5) is 5.69 Å². The highest BCUT2D eigenvalue weighted by molar-refractivity contribution is 5.48. The number of anilines is 1. The molecule has 78 valence electrons. The monoisotopic (exact) mass is 203 g/mol. The third kappa shape index (κ3) is 1.79. The molecular formula is C11H13N3O. The van der Waals surface area contributed by atoms with Crippen molar-refractivity contribution in [3.05, 3.63) is 36.7 Å². The van der Waals surface area contributed by atoms with Gasteiger partial charge in [-0.3, -0.25) is 0 Å². The Bertz CT molecular complexity index is 451. The molecule has 0 saturated carbocycles. The summed E-state index contributed by atoms with van der Waals surface area (Å²) in [4.78, 5) is 0. The third-order valence-corrected chi connectivity index (χ3v) is 2.20. The molecule has 0 radical (unpaired) electrons. The van der Waals surface area contributed by atoms with E-state index in [0.29, 0.717) is 0 Å². The zero-order chi connectivity index (χ0) is 10.7. The van der Waals surface area contributed by atoms with Gasteiger partial charge in [-0.2, -0.15) is 5.10 Å². The lowest BCUT2D eigenvalue weighted by molar-refractivity contribution is 0.411. The van der Waals surface area contributed by atoms with Crippen molar-refractivity contribution in [2.24, 2.45) is 0 Å². The Labute approximate surface area is 88.5 Å². The fourth-order valence-corrected chi connectivity index (χ4v) is 1.40. The lowest BCUT2D eigenvalue weighted by atomic mass is 10.3. The highest BCUT2D eigenvalue weighted by Crippen LogP contribution is 2.22. The van der Waals surface area contributed by atoms with Crippen molar-refractivity contribution < 1.29 is 4.74 Å². The summed E-state index contributed by atoms with van der Waals surface area (Å²) in [5.74, 6) is 0.809. The van der Waals surface area contributed by atoms with E-state index < -0.39 is 0 Å². The van der Waals surface area contributed by atoms with Gasteiger partial charge in [0, 0.05) is 7.05 Å². The molecule has 0 unspecified atom stereocenters. The van der Waals surface area contributed by atoms with E-state index in [2.05, 4.69) is 10.4 Å². The Balaban J connectivity index is 2.44. The molecule has 2 aromatic rings. The molecule has 0 amide bonds. The number of nitrogens with one attached hydrogen (secondary N) is 1. The quantitative estimate of drug-likeness (QED) is 0.828. The van der Waals surface area contributed by atoms with Crippen LogP contribution < -0.4 is 10.1 Å². The average Bonchev–Trinajstić information content (AvgIpc) is 2.77. The number of para-hydroxylation sites is 2. The molecule has 0 atom stereocenters. The standard InChI is InChI=1S/C11H13N3O/c1-12-9-7-13-14(8-9)10-5-3-4-6-11(10)15-2/h3-8,12H,1-2H3. The van der Waals surface area contributed by atoms with E-state index in [1.807, 2.05) is 37.5 Å². The van der Waals surface area contributed by atoms with Crippen molar-refractivity contribution in [1.29, 1.82) is 0 Å². The predicted molar refractivity (Wildman–Crippen MR) is 59.7 cm³/mol. The molecule has 15 heavy (non-hydrogen) atoms. The molecule has 0 fully saturated rings. The van der Waals surface area contributed by atoms with E-state index >= 15 is 0 Å². The normalized spacial score (nSPS) is 10.0. The maximum Gasteiger partial charge on any atom is 0.144 e. The van der Waals surface area contributed by atoms with Crippen molar-refractivity contribution in [3.63, 3.8) is 0 Å². The summed E-state index contributed by atoms with van der Waals surface area (Å²) in [5.41, 5.74) is 1.91. The zero-order valence-corrected chi connectivity index (χ0v) is 8.77. The second kappa shape index (κ2) is 4.04. The summed E-state index contributed by atoms with van der Waals surface area (Å²) >= 11 is 0. The Hall–Kier alpha value is -1.97. The van der Waals surface area contributed by atoms with Gasteiger partial charge in [-0.15, -0.1) is 0 Å². The highest BCUT2D eigenvalue weighted by atomic mass is 16.5. The number of methoxy groups -OCH3 is 1. The fraction of sp³-hybridized carbons (Fsp3) is 0.182. The Morgan fingerprint density at radius 2 is 2.13 bits per heavy atom. The van der Waals surface area contributed by atoms with Crippen LogP contribution in [0, 0.1) is 0 Å². The summed E-state index contributed by atoms with van der Waals surface area (Å²) in [6, 6.07) is 7.77. The molecule has 1 aromatic carbocycles. The van der Waals surface area contributed by atoms with Gasteiger partial charge in [0.15, 0.2) is 0 Å². The predicted octanol–water partition coefficient (Wildman–Crippen LogP) is 1.92. The molecule has 1 N–H and O–H groups in total. The first-order valence-electron chi connectivity index (χ1n) is 4.71. The van der Waals surface area contributed by atoms with Gasteiger partial charge in [0.2, 0.25) is 0 Å². The van der Waals surface area contributed by atoms with Crippen molar-refractivity contribution in [2.45, 2.75) is 0 Å². The third-order valence-electron chi connectivity index (χ3n) is 2.20. The van der Waals surface area contributed by atoms with Crippen molar-refractivity contribution in [3.8, 4) is 11.4 Å². The van der Waals surface area contributed by atoms with Crippen LogP contribution in [0.15, 0.2) is 36.7 Å². The van der Waals surface area contributed by atoms with Crippen LogP contribution >= 0.6 is 0 Å². The average molecular weight is 203 g/mol. The van der Waals surface area contributed by atoms with Crippen LogP contribution in [0.5, 0.6) is 5.75 Å². The van der Waals surface area contributed by atoms with Crippen molar-refractivity contribution >= 4 is 5.69 Å². The smallest absolute Gasteiger partial charge is 0.144 e. The van der Waals surface area contributed by atoms with E-state index in [4.69, 9.17) is 4.74 Å². The summed E-state index contributed by atoms with van der Waals surface area (Å²) in [6.07, 6.45) is 3.68. The number of hydrogen-bond acceptors (Lipinski definition) is 3. The van der Waals surface area contributed by atoms with Crippen LogP contribution in [0.3, 0.4) is 0 Å². The maximum absolute atomic E-state index is 5.26. The number of rotatable bonds is 3. The first kappa shape index (κ1) is 9.58. The molecule has 0 spiro atoms. The molecule has 0 aliphatic carbocycles. The van der Waals surface area contributed by atoms with E-state index in [-0.39, 0.29) is 0 Å². The Morgan fingerprint density at radius 1 is 1.33 bits per heavy atom. The van der Waals surface area contributed by atoms with Gasteiger partial charge in [-0.1, -0.05) is 12.1 Å². The van der Waals surface area contributed by atoms with Gasteiger partial charge in [0.25, 0.3) is 0 Å². The minimum absolute atomic E-state index is 0.809. The van der Waals surface area contributed by atoms with Gasteiger partial charge in [0.1, 0.15) is 11.4 Å². The van der Waals surface area contributed by atoms with Gasteiger partial charge < -0.3 is 10.1 Å². The maximum atomic E-state index is 5.26. The molecule has 1 aromatic heterocycles. The molecule has 4 heteroatoms. The van der Waals surface area contributed by atoms with Crippen LogP contribution in [-0.2, 0) is 0 Å². The van der Waals surface area contributed by atoms with Crippen LogP contribution in [0.1, 0.15) is 0 Å². The fourth-order valence-electron chi connectivity index (χ4n) is 1.40. The first-order valence-corrected chi connectivity index (χ1v) is 4.71. The Morgan fingerprint density at radius 3 is 2.80 bits per heavy atom. The molecule has 0 bridgehead atoms. The summed E-state index contributed by atoms with van der Waals surface area (Å²) in [7, 11) is 3.52. The van der Waals surface area contributed by atoms with Crippen LogP contribution in [-0.4, -0.2) is 23.9 Å². The molecule has 4 nitrogen and oxygen atoms in total. The number of hydrogen-bond donors (Lipinski definition) is 1. The van der Waals surface area contributed by atoms with E-state index in [1.54, 1.807) is 18.0 Å². The Kier molecular flexibility index (Phi) is 2.58. The summed E-state index contributed by atoms with van der Waals surface area (Å²) < 4.78 is 7.04. The second-order valence-corrected chi connectivity index (χ2v) is 3.10. The lowest BCUT2D eigenvalue weighted by Crippen LogP contribution is -1.97. The van der Waals surface area contributed by atoms with Crippen LogP contribution in [0.2, 0.25) is 0 Å². The SMILES string of the molecule is CNc1cnn(-c2ccccc2OC)c1. The number of aromatic nitrogens is 2. The molecule has 0 aliphatic rings. The number of nitrogens with zero attached hydrogens (tertiary/aromatic N) is 2. The van der Waals surface area contributed by atoms with Crippen molar-refractivity contribution in [2.75, 3.05) is 19.5 Å². The van der Waals surface area contributed by atoms with Gasteiger partial charge in [-0.25, -0.2) is 4.68 Å². The molecular weight excluding hydrogens is 190 g/mol. The van der Waals surface area contributed by atoms with Crippen molar-refractivity contribution in [1.82, 2.24) is 9.78 Å². The second-order valence-electron chi connectivity index (χ2n) is 3.10. The lowest BCUT2D eigenvalue weighted by Gasteiger charge is -2.07. The topological polar surface area (TPSA) is 39.1 Å². The van der Waals surface area contributed by atoms with Crippen LogP contribution in [0.25, 0.3) is 5.69 Å². The minimum Gasteiger partial charge on any atom is -0.494 e. The van der Waals surface area contributed by atoms with E-state index in [9.17, 15) is 0 Å². The number of ether oxygens (including phenoxy) is 1. The largest absolute Gasteiger partial charge is 0.494 e. The number of benzene rings is 1. The van der Waals surface area contributed by atoms with E-state index in [0.717, 1.165) is 17.1 Å². The molecule has 0 saturated heterocycles. The molecule has 2 rings (SSSR count). The minimum atomic E-state index is 0.809. The molecule has 1 heterocycles. The summed E-state index contributed by atoms with van der Waals surface area (Å²) in [5, 5.41) is 7.27. The summed E-state index contributed by atoms with van der Waals surface area (Å²) in [6.45, 7) is 0. The van der Waals surface area contributed by atoms with Gasteiger partial charge >= 0.3 is 0 Å². The zero-order valence-electron chi connectivity index (χ0n) is 8.77. The first-order chi connectivity index (χ1) is 7.35. The van der Waals surface area contributed by atoms with E-state index in [1.165, 1.54) is 0 Å². The van der Waals surface area contributed by atoms with Gasteiger partial charge in [-0.05, 0) is 12.1 Å². The highest BCUT2D eigenvalue weighted by Gasteiger charge is 2.04. The van der Waals surface area contributed by atoms with Gasteiger partial charge in [0.05, 0.1) is 25.2 Å².